The number of benzene rings is 1. The Morgan fingerprint density at radius 3 is 2.42 bits per heavy atom. The molecule has 0 radical (unpaired) electrons. The molecule has 0 aliphatic heterocycles. The highest BCUT2D eigenvalue weighted by Crippen LogP contribution is 2.15. The monoisotopic (exact) mass is 284 g/mol. The van der Waals surface area contributed by atoms with E-state index < -0.39 is 0 Å². The lowest BCUT2D eigenvalue weighted by Gasteiger charge is -2.21. The van der Waals surface area contributed by atoms with Crippen molar-refractivity contribution in [2.24, 2.45) is 11.7 Å². The van der Waals surface area contributed by atoms with Gasteiger partial charge in [0.05, 0.1) is 0 Å². The molecule has 108 valence electrons. The Labute approximate surface area is 121 Å². The van der Waals surface area contributed by atoms with Crippen LogP contribution >= 0.6 is 11.6 Å². The summed E-state index contributed by atoms with van der Waals surface area (Å²) in [6.07, 6.45) is 1.02. The third kappa shape index (κ3) is 6.81. The van der Waals surface area contributed by atoms with Crippen molar-refractivity contribution in [1.29, 1.82) is 0 Å². The topological polar surface area (TPSA) is 38.5 Å². The van der Waals surface area contributed by atoms with Crippen molar-refractivity contribution in [3.8, 4) is 5.75 Å². The lowest BCUT2D eigenvalue weighted by atomic mass is 10.0. The number of hydrogen-bond acceptors (Lipinski definition) is 3. The Morgan fingerprint density at radius 1 is 1.21 bits per heavy atom. The Morgan fingerprint density at radius 2 is 1.84 bits per heavy atom. The van der Waals surface area contributed by atoms with Crippen LogP contribution in [0.1, 0.15) is 20.3 Å². The number of rotatable bonds is 8. The predicted molar refractivity (Wildman–Crippen MR) is 81.9 cm³/mol. The molecule has 1 rings (SSSR count). The molecule has 2 N–H and O–H groups in total. The van der Waals surface area contributed by atoms with Gasteiger partial charge in [0.2, 0.25) is 0 Å². The van der Waals surface area contributed by atoms with Crippen LogP contribution < -0.4 is 10.5 Å². The summed E-state index contributed by atoms with van der Waals surface area (Å²) in [5.41, 5.74) is 6.03. The van der Waals surface area contributed by atoms with E-state index in [1.165, 1.54) is 0 Å². The summed E-state index contributed by atoms with van der Waals surface area (Å²) in [7, 11) is 2.10. The van der Waals surface area contributed by atoms with E-state index in [1.807, 2.05) is 24.3 Å². The largest absolute Gasteiger partial charge is 0.492 e. The molecule has 1 unspecified atom stereocenters. The molecular formula is C15H25ClN2O. The van der Waals surface area contributed by atoms with Crippen LogP contribution in [0.25, 0.3) is 0 Å². The summed E-state index contributed by atoms with van der Waals surface area (Å²) in [5, 5.41) is 0.729. The summed E-state index contributed by atoms with van der Waals surface area (Å²) in [6.45, 7) is 6.90. The van der Waals surface area contributed by atoms with Crippen molar-refractivity contribution < 1.29 is 4.74 Å². The Hall–Kier alpha value is -0.770. The van der Waals surface area contributed by atoms with Gasteiger partial charge in [0.25, 0.3) is 0 Å². The lowest BCUT2D eigenvalue weighted by Crippen LogP contribution is -2.33. The zero-order valence-electron chi connectivity index (χ0n) is 12.1. The van der Waals surface area contributed by atoms with Crippen LogP contribution in [-0.4, -0.2) is 37.7 Å². The molecule has 0 fully saturated rings. The van der Waals surface area contributed by atoms with Crippen LogP contribution in [0.5, 0.6) is 5.75 Å². The van der Waals surface area contributed by atoms with Crippen LogP contribution in [0, 0.1) is 5.92 Å². The van der Waals surface area contributed by atoms with Gasteiger partial charge in [0, 0.05) is 17.6 Å². The number of hydrogen-bond donors (Lipinski definition) is 1. The van der Waals surface area contributed by atoms with Crippen molar-refractivity contribution in [2.45, 2.75) is 26.3 Å². The molecule has 0 aliphatic rings. The average Bonchev–Trinajstić information content (AvgIpc) is 2.38. The summed E-state index contributed by atoms with van der Waals surface area (Å²) in [6, 6.07) is 7.72. The van der Waals surface area contributed by atoms with Crippen LogP contribution in [0.3, 0.4) is 0 Å². The maximum Gasteiger partial charge on any atom is 0.119 e. The van der Waals surface area contributed by atoms with Gasteiger partial charge in [0.15, 0.2) is 0 Å². The SMILES string of the molecule is CC(C)C(N)CCN(C)CCOc1ccc(Cl)cc1. The van der Waals surface area contributed by atoms with Gasteiger partial charge >= 0.3 is 0 Å². The van der Waals surface area contributed by atoms with E-state index in [0.717, 1.165) is 30.3 Å². The molecule has 3 nitrogen and oxygen atoms in total. The molecule has 0 aliphatic carbocycles. The lowest BCUT2D eigenvalue weighted by molar-refractivity contribution is 0.229. The Balaban J connectivity index is 2.16. The number of ether oxygens (including phenoxy) is 1. The van der Waals surface area contributed by atoms with Crippen molar-refractivity contribution in [3.05, 3.63) is 29.3 Å². The van der Waals surface area contributed by atoms with Gasteiger partial charge < -0.3 is 15.4 Å². The average molecular weight is 285 g/mol. The fraction of sp³-hybridized carbons (Fsp3) is 0.600. The van der Waals surface area contributed by atoms with E-state index in [4.69, 9.17) is 22.1 Å². The first-order valence-corrected chi connectivity index (χ1v) is 7.19. The van der Waals surface area contributed by atoms with E-state index in [2.05, 4.69) is 25.8 Å². The fourth-order valence-electron chi connectivity index (χ4n) is 1.66. The van der Waals surface area contributed by atoms with Crippen LogP contribution in [0.4, 0.5) is 0 Å². The molecule has 0 bridgehead atoms. The van der Waals surface area contributed by atoms with Crippen LogP contribution in [0.2, 0.25) is 5.02 Å². The molecule has 0 saturated carbocycles. The van der Waals surface area contributed by atoms with Gasteiger partial charge in [-0.25, -0.2) is 0 Å². The first kappa shape index (κ1) is 16.3. The van der Waals surface area contributed by atoms with Crippen molar-refractivity contribution in [3.63, 3.8) is 0 Å². The van der Waals surface area contributed by atoms with Crippen LogP contribution in [0.15, 0.2) is 24.3 Å². The number of halogens is 1. The molecule has 1 aromatic rings. The minimum absolute atomic E-state index is 0.277. The maximum absolute atomic E-state index is 6.03. The summed E-state index contributed by atoms with van der Waals surface area (Å²) in [4.78, 5) is 2.25. The first-order valence-electron chi connectivity index (χ1n) is 6.81. The third-order valence-electron chi connectivity index (χ3n) is 3.26. The molecule has 0 spiro atoms. The first-order chi connectivity index (χ1) is 8.99. The van der Waals surface area contributed by atoms with Gasteiger partial charge in [-0.2, -0.15) is 0 Å². The Kier molecular flexibility index (Phi) is 7.21. The van der Waals surface area contributed by atoms with Gasteiger partial charge in [0.1, 0.15) is 12.4 Å². The van der Waals surface area contributed by atoms with Gasteiger partial charge in [-0.1, -0.05) is 25.4 Å². The highest BCUT2D eigenvalue weighted by molar-refractivity contribution is 6.30. The summed E-state index contributed by atoms with van der Waals surface area (Å²) < 4.78 is 5.65. The third-order valence-corrected chi connectivity index (χ3v) is 3.51. The number of nitrogens with two attached hydrogens (primary N) is 1. The molecule has 19 heavy (non-hydrogen) atoms. The number of nitrogens with zero attached hydrogens (tertiary/aromatic N) is 1. The zero-order valence-corrected chi connectivity index (χ0v) is 12.9. The summed E-state index contributed by atoms with van der Waals surface area (Å²) >= 11 is 5.82. The van der Waals surface area contributed by atoms with Gasteiger partial charge in [-0.15, -0.1) is 0 Å². The van der Waals surface area contributed by atoms with Crippen molar-refractivity contribution in [2.75, 3.05) is 26.7 Å². The van der Waals surface area contributed by atoms with E-state index in [9.17, 15) is 0 Å². The van der Waals surface area contributed by atoms with E-state index >= 15 is 0 Å². The highest BCUT2D eigenvalue weighted by Gasteiger charge is 2.08. The van der Waals surface area contributed by atoms with Crippen LogP contribution in [-0.2, 0) is 0 Å². The highest BCUT2D eigenvalue weighted by atomic mass is 35.5. The molecule has 4 heteroatoms. The fourth-order valence-corrected chi connectivity index (χ4v) is 1.79. The molecule has 0 amide bonds. The number of likely N-dealkylation sites (N-methyl/N-ethyl adjacent to an activating group) is 1. The van der Waals surface area contributed by atoms with E-state index in [0.29, 0.717) is 12.5 Å². The van der Waals surface area contributed by atoms with Crippen molar-refractivity contribution >= 4 is 11.6 Å². The minimum Gasteiger partial charge on any atom is -0.492 e. The normalized spacial score (nSPS) is 13.0. The molecule has 0 saturated heterocycles. The van der Waals surface area contributed by atoms with Gasteiger partial charge in [-0.05, 0) is 50.2 Å². The second kappa shape index (κ2) is 8.41. The molecule has 0 aromatic heterocycles. The second-order valence-electron chi connectivity index (χ2n) is 5.30. The summed E-state index contributed by atoms with van der Waals surface area (Å²) in [5.74, 6) is 1.40. The standard InChI is InChI=1S/C15H25ClN2O/c1-12(2)15(17)8-9-18(3)10-11-19-14-6-4-13(16)5-7-14/h4-7,12,15H,8-11,17H2,1-3H3. The Bertz CT molecular complexity index is 354. The maximum atomic E-state index is 6.03. The quantitative estimate of drug-likeness (QED) is 0.797. The zero-order chi connectivity index (χ0) is 14.3. The second-order valence-corrected chi connectivity index (χ2v) is 5.74. The molecule has 0 heterocycles. The molecule has 1 aromatic carbocycles. The molecule has 1 atom stereocenters. The minimum atomic E-state index is 0.277. The van der Waals surface area contributed by atoms with Crippen molar-refractivity contribution in [1.82, 2.24) is 4.90 Å². The smallest absolute Gasteiger partial charge is 0.119 e. The van der Waals surface area contributed by atoms with Gasteiger partial charge in [-0.3, -0.25) is 0 Å². The van der Waals surface area contributed by atoms with E-state index in [-0.39, 0.29) is 6.04 Å². The predicted octanol–water partition coefficient (Wildman–Crippen LogP) is 3.02. The molecular weight excluding hydrogens is 260 g/mol. The van der Waals surface area contributed by atoms with E-state index in [1.54, 1.807) is 0 Å².